The summed E-state index contributed by atoms with van der Waals surface area (Å²) in [5, 5.41) is 8.96. The lowest BCUT2D eigenvalue weighted by Gasteiger charge is -2.38. The molecule has 1 amide bonds. The van der Waals surface area contributed by atoms with Crippen molar-refractivity contribution in [3.05, 3.63) is 47.3 Å². The summed E-state index contributed by atoms with van der Waals surface area (Å²) in [5.41, 5.74) is 1.50. The number of carboxylic acids is 1. The molecule has 2 atom stereocenters. The van der Waals surface area contributed by atoms with Crippen molar-refractivity contribution in [3.63, 3.8) is 0 Å². The van der Waals surface area contributed by atoms with E-state index in [0.717, 1.165) is 24.8 Å². The number of hydrogen-bond acceptors (Lipinski definition) is 6. The Kier molecular flexibility index (Phi) is 7.51. The molecule has 2 unspecified atom stereocenters. The Bertz CT molecular complexity index is 951. The van der Waals surface area contributed by atoms with Gasteiger partial charge >= 0.3 is 5.97 Å². The fourth-order valence-corrected chi connectivity index (χ4v) is 4.92. The van der Waals surface area contributed by atoms with E-state index in [1.54, 1.807) is 18.2 Å². The van der Waals surface area contributed by atoms with Crippen LogP contribution in [-0.4, -0.2) is 88.5 Å². The van der Waals surface area contributed by atoms with Gasteiger partial charge in [-0.2, -0.15) is 12.6 Å². The molecule has 7 nitrogen and oxygen atoms in total. The largest absolute Gasteiger partial charge is 0.480 e. The first-order valence-corrected chi connectivity index (χ1v) is 12.0. The molecule has 0 spiro atoms. The molecule has 1 N–H and O–H groups in total. The van der Waals surface area contributed by atoms with Crippen LogP contribution in [-0.2, 0) is 14.4 Å². The highest BCUT2D eigenvalue weighted by Crippen LogP contribution is 2.39. The first kappa shape index (κ1) is 23.9. The minimum absolute atomic E-state index is 0.0175. The van der Waals surface area contributed by atoms with Gasteiger partial charge in [0, 0.05) is 49.5 Å². The summed E-state index contributed by atoms with van der Waals surface area (Å²) >= 11 is 4.73. The number of carbonyl (C=O) groups is 3. The number of nitrogens with zero attached hydrogens (tertiary/aromatic N) is 3. The molecule has 2 saturated heterocycles. The highest BCUT2D eigenvalue weighted by molar-refractivity contribution is 7.81. The van der Waals surface area contributed by atoms with Crippen molar-refractivity contribution in [1.29, 1.82) is 0 Å². The van der Waals surface area contributed by atoms with E-state index in [1.165, 1.54) is 11.0 Å². The van der Waals surface area contributed by atoms with Crippen molar-refractivity contribution >= 4 is 30.3 Å². The van der Waals surface area contributed by atoms with Gasteiger partial charge in [-0.25, -0.2) is 4.39 Å². The van der Waals surface area contributed by atoms with E-state index >= 15 is 0 Å². The number of rotatable bonds is 8. The molecular weight excluding hydrogens is 445 g/mol. The fourth-order valence-electron chi connectivity index (χ4n) is 4.62. The number of amides is 1. The third kappa shape index (κ3) is 5.83. The van der Waals surface area contributed by atoms with Gasteiger partial charge < -0.3 is 10.0 Å². The molecule has 1 aromatic carbocycles. The van der Waals surface area contributed by atoms with Gasteiger partial charge in [0.15, 0.2) is 5.78 Å². The number of benzene rings is 1. The maximum Gasteiger partial charge on any atom is 0.323 e. The first-order valence-electron chi connectivity index (χ1n) is 11.4. The molecule has 4 rings (SSSR count). The summed E-state index contributed by atoms with van der Waals surface area (Å²) < 4.78 is 14.7. The average Bonchev–Trinajstić information content (AvgIpc) is 3.62. The summed E-state index contributed by atoms with van der Waals surface area (Å²) in [5.74, 6) is -1.44. The van der Waals surface area contributed by atoms with Crippen LogP contribution in [0, 0.1) is 11.7 Å². The maximum atomic E-state index is 14.7. The molecule has 0 bridgehead atoms. The quantitative estimate of drug-likeness (QED) is 0.442. The predicted octanol–water partition coefficient (Wildman–Crippen LogP) is 2.01. The maximum absolute atomic E-state index is 14.7. The number of carbonyl (C=O) groups excluding carboxylic acids is 2. The molecule has 3 aliphatic rings. The Morgan fingerprint density at radius 2 is 1.91 bits per heavy atom. The lowest BCUT2D eigenvalue weighted by Crippen LogP contribution is -2.51. The van der Waals surface area contributed by atoms with Crippen molar-refractivity contribution in [2.24, 2.45) is 5.92 Å². The Labute approximate surface area is 198 Å². The van der Waals surface area contributed by atoms with E-state index < -0.39 is 12.0 Å². The monoisotopic (exact) mass is 475 g/mol. The lowest BCUT2D eigenvalue weighted by atomic mass is 9.93. The molecule has 2 heterocycles. The van der Waals surface area contributed by atoms with Gasteiger partial charge in [-0.1, -0.05) is 24.3 Å². The third-order valence-electron chi connectivity index (χ3n) is 6.65. The van der Waals surface area contributed by atoms with Crippen LogP contribution in [0.3, 0.4) is 0 Å². The Balaban J connectivity index is 1.45. The molecule has 1 aliphatic carbocycles. The van der Waals surface area contributed by atoms with Crippen molar-refractivity contribution < 1.29 is 23.9 Å². The second-order valence-corrected chi connectivity index (χ2v) is 9.72. The molecule has 1 saturated carbocycles. The fraction of sp³-hybridized carbons (Fsp3) is 0.542. The molecule has 33 heavy (non-hydrogen) atoms. The number of piperidine rings is 1. The van der Waals surface area contributed by atoms with Crippen LogP contribution in [0.25, 0.3) is 0 Å². The lowest BCUT2D eigenvalue weighted by molar-refractivity contribution is -0.146. The van der Waals surface area contributed by atoms with E-state index in [1.807, 2.05) is 4.90 Å². The van der Waals surface area contributed by atoms with Crippen LogP contribution in [0.5, 0.6) is 0 Å². The van der Waals surface area contributed by atoms with Crippen LogP contribution >= 0.6 is 12.6 Å². The zero-order chi connectivity index (χ0) is 23.5. The zero-order valence-corrected chi connectivity index (χ0v) is 19.4. The number of thiol groups is 1. The highest BCUT2D eigenvalue weighted by atomic mass is 32.1. The van der Waals surface area contributed by atoms with E-state index in [9.17, 15) is 18.8 Å². The molecule has 0 aromatic heterocycles. The molecule has 178 valence electrons. The Hall–Kier alpha value is -2.23. The second-order valence-electron chi connectivity index (χ2n) is 9.10. The summed E-state index contributed by atoms with van der Waals surface area (Å²) in [6, 6.07) is 5.93. The van der Waals surface area contributed by atoms with Crippen LogP contribution in [0.2, 0.25) is 0 Å². The van der Waals surface area contributed by atoms with Gasteiger partial charge in [-0.15, -0.1) is 0 Å². The normalized spacial score (nSPS) is 24.8. The van der Waals surface area contributed by atoms with Crippen LogP contribution in [0.1, 0.15) is 30.9 Å². The van der Waals surface area contributed by atoms with Gasteiger partial charge in [-0.3, -0.25) is 24.2 Å². The van der Waals surface area contributed by atoms with Crippen molar-refractivity contribution in [1.82, 2.24) is 14.7 Å². The Morgan fingerprint density at radius 3 is 2.58 bits per heavy atom. The SMILES string of the molecule is O=C(O)CN1CCN(C/C=C2/CN(C(C(=O)C3CC3)c3ccccc3F)CCC2S)CC1=O. The molecule has 1 aromatic rings. The number of likely N-dealkylation sites (tertiary alicyclic amines) is 1. The third-order valence-corrected chi connectivity index (χ3v) is 7.24. The molecule has 2 aliphatic heterocycles. The molecule has 0 radical (unpaired) electrons. The number of Topliss-reactive ketones (excluding diaryl/α,β-unsaturated/α-hetero) is 1. The highest BCUT2D eigenvalue weighted by Gasteiger charge is 2.40. The second kappa shape index (κ2) is 10.4. The molecule has 9 heteroatoms. The minimum Gasteiger partial charge on any atom is -0.480 e. The van der Waals surface area contributed by atoms with E-state index in [2.05, 4.69) is 11.0 Å². The molecular formula is C24H30FN3O4S. The number of hydrogen-bond donors (Lipinski definition) is 2. The van der Waals surface area contributed by atoms with Crippen molar-refractivity contribution in [3.8, 4) is 0 Å². The summed E-state index contributed by atoms with van der Waals surface area (Å²) in [4.78, 5) is 41.7. The van der Waals surface area contributed by atoms with Gasteiger partial charge in [0.25, 0.3) is 0 Å². The van der Waals surface area contributed by atoms with E-state index in [4.69, 9.17) is 17.7 Å². The number of ketones is 1. The van der Waals surface area contributed by atoms with Crippen molar-refractivity contribution in [2.45, 2.75) is 30.6 Å². The van der Waals surface area contributed by atoms with Gasteiger partial charge in [0.1, 0.15) is 12.4 Å². The topological polar surface area (TPSA) is 81.2 Å². The van der Waals surface area contributed by atoms with E-state index in [0.29, 0.717) is 38.3 Å². The minimum atomic E-state index is -1.01. The van der Waals surface area contributed by atoms with Crippen LogP contribution in [0.4, 0.5) is 4.39 Å². The van der Waals surface area contributed by atoms with Crippen LogP contribution in [0.15, 0.2) is 35.9 Å². The summed E-state index contributed by atoms with van der Waals surface area (Å²) in [6.45, 7) is 2.63. The standard InChI is InChI=1S/C24H30FN3O4S/c25-19-4-2-1-3-18(19)23(24(32)16-5-6-16)28-10-8-20(33)17(13-28)7-9-26-11-12-27(15-22(30)31)21(29)14-26/h1-4,7,16,20,23,33H,5-6,8-15H2,(H,30,31)/b17-7-. The number of halogens is 1. The van der Waals surface area contributed by atoms with Crippen LogP contribution < -0.4 is 0 Å². The summed E-state index contributed by atoms with van der Waals surface area (Å²) in [7, 11) is 0. The zero-order valence-electron chi connectivity index (χ0n) is 18.5. The number of carboxylic acid groups (broad SMARTS) is 1. The summed E-state index contributed by atoms with van der Waals surface area (Å²) in [6.07, 6.45) is 4.56. The number of piperazine rings is 1. The smallest absolute Gasteiger partial charge is 0.323 e. The first-order chi connectivity index (χ1) is 15.8. The Morgan fingerprint density at radius 1 is 1.15 bits per heavy atom. The predicted molar refractivity (Wildman–Crippen MR) is 125 cm³/mol. The van der Waals surface area contributed by atoms with E-state index in [-0.39, 0.29) is 41.8 Å². The number of aliphatic carboxylic acids is 1. The average molecular weight is 476 g/mol. The van der Waals surface area contributed by atoms with Crippen molar-refractivity contribution in [2.75, 3.05) is 45.8 Å². The molecule has 3 fully saturated rings. The van der Waals surface area contributed by atoms with Gasteiger partial charge in [0.2, 0.25) is 5.91 Å². The van der Waals surface area contributed by atoms with Gasteiger partial charge in [-0.05, 0) is 30.9 Å². The van der Waals surface area contributed by atoms with Gasteiger partial charge in [0.05, 0.1) is 12.6 Å².